The van der Waals surface area contributed by atoms with E-state index in [1.807, 2.05) is 11.6 Å². The fourth-order valence-corrected chi connectivity index (χ4v) is 8.76. The zero-order chi connectivity index (χ0) is 30.2. The van der Waals surface area contributed by atoms with Crippen LogP contribution >= 0.6 is 11.6 Å². The average molecular weight is 604 g/mol. The van der Waals surface area contributed by atoms with Crippen LogP contribution in [0.15, 0.2) is 163 Å². The highest BCUT2D eigenvalue weighted by atomic mass is 32.2. The number of rotatable bonds is 3. The third kappa shape index (κ3) is 3.87. The molecule has 2 aliphatic rings. The zero-order valence-electron chi connectivity index (χ0n) is 24.9. The average Bonchev–Trinajstić information content (AvgIpc) is 3.46. The molecule has 0 unspecified atom stereocenters. The summed E-state index contributed by atoms with van der Waals surface area (Å²) < 4.78 is 9.24. The Bertz CT molecular complexity index is 2450. The van der Waals surface area contributed by atoms with Crippen LogP contribution < -0.4 is 15.7 Å². The summed E-state index contributed by atoms with van der Waals surface area (Å²) >= 11 is 1.93. The van der Waals surface area contributed by atoms with Crippen molar-refractivity contribution < 1.29 is 4.74 Å². The topological polar surface area (TPSA) is 14.2 Å². The number of para-hydroxylation sites is 2. The van der Waals surface area contributed by atoms with Crippen LogP contribution in [0.2, 0.25) is 0 Å². The smallest absolute Gasteiger partial charge is 0.289 e. The maximum Gasteiger partial charge on any atom is 0.289 e. The maximum absolute atomic E-state index is 6.84. The summed E-state index contributed by atoms with van der Waals surface area (Å²) in [7, 11) is 0. The number of aromatic nitrogens is 1. The quantitative estimate of drug-likeness (QED) is 0.187. The monoisotopic (exact) mass is 603 g/mol. The standard InChI is InChI=1S/C42H26BNOS/c1-2-11-27(12-3-1)28-13-10-14-29(23-28)30-24-35-34-17-6-9-20-41(34)46-43-36-26-31(21-22-39(36)45-40(25-30)42(35)43)44-37-18-7-4-15-32(37)33-16-5-8-19-38(33)44/h1-26H. The van der Waals surface area contributed by atoms with Crippen molar-refractivity contribution in [2.75, 3.05) is 0 Å². The van der Waals surface area contributed by atoms with E-state index in [2.05, 4.69) is 162 Å². The number of ether oxygens (including phenoxy) is 1. The van der Waals surface area contributed by atoms with E-state index in [9.17, 15) is 0 Å². The molecule has 0 saturated heterocycles. The van der Waals surface area contributed by atoms with Crippen molar-refractivity contribution >= 4 is 50.3 Å². The third-order valence-electron chi connectivity index (χ3n) is 9.46. The summed E-state index contributed by atoms with van der Waals surface area (Å²) in [5, 5.41) is 2.54. The Morgan fingerprint density at radius 2 is 1.15 bits per heavy atom. The summed E-state index contributed by atoms with van der Waals surface area (Å²) in [4.78, 5) is 1.30. The van der Waals surface area contributed by atoms with Crippen LogP contribution in [-0.2, 0) is 0 Å². The summed E-state index contributed by atoms with van der Waals surface area (Å²) in [6.07, 6.45) is 0. The predicted octanol–water partition coefficient (Wildman–Crippen LogP) is 10.1. The van der Waals surface area contributed by atoms with E-state index in [0.29, 0.717) is 0 Å². The van der Waals surface area contributed by atoms with Gasteiger partial charge < -0.3 is 9.30 Å². The molecule has 7 aromatic carbocycles. The maximum atomic E-state index is 6.84. The highest BCUT2D eigenvalue weighted by Gasteiger charge is 2.39. The molecule has 2 aliphatic heterocycles. The molecule has 8 aromatic rings. The molecule has 0 radical (unpaired) electrons. The van der Waals surface area contributed by atoms with Crippen molar-refractivity contribution in [2.45, 2.75) is 4.90 Å². The molecule has 3 heterocycles. The van der Waals surface area contributed by atoms with Crippen LogP contribution in [0.3, 0.4) is 0 Å². The first-order valence-electron chi connectivity index (χ1n) is 15.7. The largest absolute Gasteiger partial charge is 0.458 e. The molecule has 0 atom stereocenters. The molecule has 0 fully saturated rings. The third-order valence-corrected chi connectivity index (χ3v) is 10.8. The van der Waals surface area contributed by atoms with Crippen molar-refractivity contribution in [2.24, 2.45) is 0 Å². The predicted molar refractivity (Wildman–Crippen MR) is 194 cm³/mol. The second-order valence-electron chi connectivity index (χ2n) is 12.1. The van der Waals surface area contributed by atoms with Gasteiger partial charge in [-0.05, 0) is 98.9 Å². The molecule has 4 heteroatoms. The molecule has 0 spiro atoms. The van der Waals surface area contributed by atoms with Gasteiger partial charge >= 0.3 is 0 Å². The summed E-state index contributed by atoms with van der Waals surface area (Å²) in [5.74, 6) is 2.00. The van der Waals surface area contributed by atoms with Crippen molar-refractivity contribution in [3.8, 4) is 50.6 Å². The Kier molecular flexibility index (Phi) is 5.64. The van der Waals surface area contributed by atoms with Crippen molar-refractivity contribution in [3.63, 3.8) is 0 Å². The van der Waals surface area contributed by atoms with E-state index >= 15 is 0 Å². The number of benzene rings is 7. The van der Waals surface area contributed by atoms with Crippen LogP contribution in [0.25, 0.3) is 60.9 Å². The lowest BCUT2D eigenvalue weighted by molar-refractivity contribution is 0.488. The molecule has 0 amide bonds. The van der Waals surface area contributed by atoms with Crippen LogP contribution in [-0.4, -0.2) is 10.6 Å². The van der Waals surface area contributed by atoms with Gasteiger partial charge in [0.05, 0.1) is 11.0 Å². The van der Waals surface area contributed by atoms with Crippen molar-refractivity contribution in [3.05, 3.63) is 158 Å². The Morgan fingerprint density at radius 3 is 1.96 bits per heavy atom. The number of fused-ring (bicyclic) bond motifs is 7. The Labute approximate surface area is 271 Å². The first-order chi connectivity index (χ1) is 22.8. The van der Waals surface area contributed by atoms with E-state index in [0.717, 1.165) is 22.7 Å². The summed E-state index contributed by atoms with van der Waals surface area (Å²) in [6.45, 7) is 0. The van der Waals surface area contributed by atoms with E-state index in [1.54, 1.807) is 0 Å². The van der Waals surface area contributed by atoms with E-state index in [1.165, 1.54) is 65.4 Å². The van der Waals surface area contributed by atoms with Gasteiger partial charge in [0.2, 0.25) is 0 Å². The highest BCUT2D eigenvalue weighted by Crippen LogP contribution is 2.45. The first-order valence-corrected chi connectivity index (χ1v) is 16.6. The molecule has 0 bridgehead atoms. The molecular weight excluding hydrogens is 577 g/mol. The van der Waals surface area contributed by atoms with E-state index < -0.39 is 0 Å². The van der Waals surface area contributed by atoms with E-state index in [-0.39, 0.29) is 5.99 Å². The molecule has 0 saturated carbocycles. The van der Waals surface area contributed by atoms with E-state index in [4.69, 9.17) is 4.74 Å². The molecule has 10 rings (SSSR count). The van der Waals surface area contributed by atoms with Gasteiger partial charge in [0.25, 0.3) is 5.99 Å². The molecule has 1 aromatic heterocycles. The molecule has 0 N–H and O–H groups in total. The van der Waals surface area contributed by atoms with Gasteiger partial charge in [-0.15, -0.1) is 0 Å². The molecule has 0 aliphatic carbocycles. The minimum atomic E-state index is 0.126. The lowest BCUT2D eigenvalue weighted by atomic mass is 9.57. The molecular formula is C42H26BNOS. The van der Waals surface area contributed by atoms with Gasteiger partial charge in [0, 0.05) is 21.4 Å². The Morgan fingerprint density at radius 1 is 0.478 bits per heavy atom. The van der Waals surface area contributed by atoms with Gasteiger partial charge in [-0.2, -0.15) is 11.6 Å². The van der Waals surface area contributed by atoms with Crippen LogP contribution in [0.1, 0.15) is 0 Å². The van der Waals surface area contributed by atoms with Gasteiger partial charge in [-0.1, -0.05) is 103 Å². The minimum Gasteiger partial charge on any atom is -0.458 e. The fraction of sp³-hybridized carbons (Fsp3) is 0. The summed E-state index contributed by atoms with van der Waals surface area (Å²) in [5.41, 5.74) is 13.4. The van der Waals surface area contributed by atoms with Crippen LogP contribution in [0.5, 0.6) is 11.5 Å². The summed E-state index contributed by atoms with van der Waals surface area (Å²) in [6, 6.07) is 57.0. The van der Waals surface area contributed by atoms with Gasteiger partial charge in [0.15, 0.2) is 0 Å². The number of hydrogen-bond acceptors (Lipinski definition) is 2. The molecule has 46 heavy (non-hydrogen) atoms. The number of nitrogens with zero attached hydrogens (tertiary/aromatic N) is 1. The van der Waals surface area contributed by atoms with Crippen LogP contribution in [0.4, 0.5) is 0 Å². The first kappa shape index (κ1) is 25.8. The molecule has 2 nitrogen and oxygen atoms in total. The Hall–Kier alpha value is -5.45. The van der Waals surface area contributed by atoms with Gasteiger partial charge in [-0.25, -0.2) is 0 Å². The van der Waals surface area contributed by atoms with Crippen LogP contribution in [0, 0.1) is 0 Å². The zero-order valence-corrected chi connectivity index (χ0v) is 25.7. The number of hydrogen-bond donors (Lipinski definition) is 0. The molecule has 214 valence electrons. The van der Waals surface area contributed by atoms with Gasteiger partial charge in [-0.3, -0.25) is 0 Å². The highest BCUT2D eigenvalue weighted by molar-refractivity contribution is 8.28. The SMILES string of the molecule is c1ccc(-c2cccc(-c3cc4c5c(c3)-c3ccccc3SB5c3cc(-n5c6ccccc6c6ccccc65)ccc3O4)c2)cc1. The minimum absolute atomic E-state index is 0.126. The van der Waals surface area contributed by atoms with Gasteiger partial charge in [0.1, 0.15) is 11.5 Å². The lowest BCUT2D eigenvalue weighted by Gasteiger charge is -2.33. The normalized spacial score (nSPS) is 12.8. The van der Waals surface area contributed by atoms with Crippen molar-refractivity contribution in [1.29, 1.82) is 0 Å². The second-order valence-corrected chi connectivity index (χ2v) is 13.2. The van der Waals surface area contributed by atoms with Crippen molar-refractivity contribution in [1.82, 2.24) is 4.57 Å². The second kappa shape index (κ2) is 10.0. The fourth-order valence-electron chi connectivity index (χ4n) is 7.37. The Balaban J connectivity index is 1.15. The lowest BCUT2D eigenvalue weighted by Crippen LogP contribution is -2.46.